The van der Waals surface area contributed by atoms with Crippen molar-refractivity contribution in [1.82, 2.24) is 9.55 Å². The summed E-state index contributed by atoms with van der Waals surface area (Å²) in [5.74, 6) is 0.771. The van der Waals surface area contributed by atoms with E-state index in [2.05, 4.69) is 0 Å². The van der Waals surface area contributed by atoms with Gasteiger partial charge in [-0.25, -0.2) is 4.98 Å². The normalized spacial score (nSPS) is 11.1. The second-order valence-corrected chi connectivity index (χ2v) is 5.82. The number of para-hydroxylation sites is 1. The number of nitrogens with zero attached hydrogens (tertiary/aromatic N) is 2. The summed E-state index contributed by atoms with van der Waals surface area (Å²) in [6, 6.07) is 13.7. The fraction of sp³-hybridized carbons (Fsp3) is 0.263. The average Bonchev–Trinajstić information content (AvgIpc) is 2.54. The molecule has 1 heterocycles. The highest BCUT2D eigenvalue weighted by Gasteiger charge is 2.14. The Labute approximate surface area is 135 Å². The van der Waals surface area contributed by atoms with Gasteiger partial charge in [0.05, 0.1) is 16.6 Å². The molecule has 1 aromatic heterocycles. The lowest BCUT2D eigenvalue weighted by Gasteiger charge is -2.16. The van der Waals surface area contributed by atoms with E-state index in [0.29, 0.717) is 18.4 Å². The maximum atomic E-state index is 13.2. The van der Waals surface area contributed by atoms with Crippen LogP contribution in [0.1, 0.15) is 23.4 Å². The first kappa shape index (κ1) is 15.4. The van der Waals surface area contributed by atoms with Crippen molar-refractivity contribution in [3.63, 3.8) is 0 Å². The predicted molar refractivity (Wildman–Crippen MR) is 94.2 cm³/mol. The lowest BCUT2D eigenvalue weighted by atomic mass is 10.1. The summed E-state index contributed by atoms with van der Waals surface area (Å²) in [6.07, 6.45) is 1.49. The summed E-state index contributed by atoms with van der Waals surface area (Å²) in [5, 5.41) is 0.687. The van der Waals surface area contributed by atoms with Gasteiger partial charge >= 0.3 is 0 Å². The molecule has 3 rings (SSSR count). The molecule has 4 nitrogen and oxygen atoms in total. The molecule has 4 heteroatoms. The van der Waals surface area contributed by atoms with Crippen molar-refractivity contribution in [3.8, 4) is 5.69 Å². The molecule has 0 spiro atoms. The van der Waals surface area contributed by atoms with Gasteiger partial charge in [-0.15, -0.1) is 0 Å². The molecule has 0 atom stereocenters. The third kappa shape index (κ3) is 2.78. The monoisotopic (exact) mass is 307 g/mol. The Morgan fingerprint density at radius 3 is 2.52 bits per heavy atom. The van der Waals surface area contributed by atoms with Crippen molar-refractivity contribution in [2.24, 2.45) is 5.73 Å². The molecule has 0 bridgehead atoms. The molecule has 0 aliphatic rings. The highest BCUT2D eigenvalue weighted by Crippen LogP contribution is 2.18. The molecule has 2 N–H and O–H groups in total. The van der Waals surface area contributed by atoms with Crippen LogP contribution in [-0.2, 0) is 6.42 Å². The number of aromatic nitrogens is 2. The van der Waals surface area contributed by atoms with E-state index in [0.717, 1.165) is 34.6 Å². The third-order valence-corrected chi connectivity index (χ3v) is 4.14. The highest BCUT2D eigenvalue weighted by molar-refractivity contribution is 5.81. The molecule has 3 aromatic rings. The van der Waals surface area contributed by atoms with E-state index < -0.39 is 0 Å². The lowest BCUT2D eigenvalue weighted by molar-refractivity contribution is 0.739. The van der Waals surface area contributed by atoms with Gasteiger partial charge in [-0.1, -0.05) is 30.3 Å². The Morgan fingerprint density at radius 2 is 1.78 bits per heavy atom. The second kappa shape index (κ2) is 6.34. The van der Waals surface area contributed by atoms with Crippen LogP contribution in [-0.4, -0.2) is 16.1 Å². The van der Waals surface area contributed by atoms with E-state index >= 15 is 0 Å². The Bertz CT molecular complexity index is 912. The van der Waals surface area contributed by atoms with Crippen LogP contribution in [0.25, 0.3) is 16.6 Å². The van der Waals surface area contributed by atoms with Crippen molar-refractivity contribution in [2.75, 3.05) is 6.54 Å². The average molecular weight is 307 g/mol. The number of benzene rings is 2. The van der Waals surface area contributed by atoms with Crippen molar-refractivity contribution in [2.45, 2.75) is 26.7 Å². The van der Waals surface area contributed by atoms with Crippen LogP contribution in [0.15, 0.2) is 47.3 Å². The molecule has 2 aromatic carbocycles. The number of rotatable bonds is 4. The van der Waals surface area contributed by atoms with Gasteiger partial charge in [0.2, 0.25) is 0 Å². The number of hydrogen-bond acceptors (Lipinski definition) is 3. The number of nitrogens with two attached hydrogens (primary N) is 1. The molecule has 0 saturated carbocycles. The smallest absolute Gasteiger partial charge is 0.266 e. The van der Waals surface area contributed by atoms with Crippen LogP contribution in [0, 0.1) is 13.8 Å². The summed E-state index contributed by atoms with van der Waals surface area (Å²) < 4.78 is 1.75. The van der Waals surface area contributed by atoms with Gasteiger partial charge < -0.3 is 5.73 Å². The Kier molecular flexibility index (Phi) is 4.26. The number of aryl methyl sites for hydroxylation is 3. The van der Waals surface area contributed by atoms with Gasteiger partial charge in [0, 0.05) is 6.42 Å². The van der Waals surface area contributed by atoms with Crippen LogP contribution in [0.2, 0.25) is 0 Å². The van der Waals surface area contributed by atoms with Crippen LogP contribution in [0.5, 0.6) is 0 Å². The number of fused-ring (bicyclic) bond motifs is 1. The van der Waals surface area contributed by atoms with Crippen molar-refractivity contribution in [3.05, 3.63) is 69.8 Å². The molecular formula is C19H21N3O. The molecule has 0 aliphatic carbocycles. The first-order valence-corrected chi connectivity index (χ1v) is 7.91. The maximum absolute atomic E-state index is 13.2. The second-order valence-electron chi connectivity index (χ2n) is 5.82. The van der Waals surface area contributed by atoms with Crippen molar-refractivity contribution in [1.29, 1.82) is 0 Å². The van der Waals surface area contributed by atoms with Gasteiger partial charge in [0.25, 0.3) is 5.56 Å². The maximum Gasteiger partial charge on any atom is 0.266 e. The van der Waals surface area contributed by atoms with Crippen LogP contribution >= 0.6 is 0 Å². The zero-order valence-electron chi connectivity index (χ0n) is 13.5. The Balaban J connectivity index is 2.37. The first-order valence-electron chi connectivity index (χ1n) is 7.91. The summed E-state index contributed by atoms with van der Waals surface area (Å²) in [6.45, 7) is 4.54. The molecule has 0 amide bonds. The van der Waals surface area contributed by atoms with E-state index in [1.165, 1.54) is 0 Å². The molecule has 23 heavy (non-hydrogen) atoms. The summed E-state index contributed by atoms with van der Waals surface area (Å²) in [4.78, 5) is 17.9. The van der Waals surface area contributed by atoms with E-state index in [4.69, 9.17) is 10.7 Å². The molecule has 0 saturated heterocycles. The number of hydrogen-bond donors (Lipinski definition) is 1. The predicted octanol–water partition coefficient (Wildman–Crippen LogP) is 2.89. The standard InChI is InChI=1S/C19H21N3O/c1-13-7-3-4-10-16(13)22-17(11-6-12-20)21-15-9-5-8-14(2)18(15)19(22)23/h3-5,7-10H,6,11-12,20H2,1-2H3. The van der Waals surface area contributed by atoms with E-state index in [1.807, 2.05) is 56.3 Å². The summed E-state index contributed by atoms with van der Waals surface area (Å²) in [7, 11) is 0. The molecular weight excluding hydrogens is 286 g/mol. The molecule has 0 unspecified atom stereocenters. The summed E-state index contributed by atoms with van der Waals surface area (Å²) in [5.41, 5.74) is 9.30. The summed E-state index contributed by atoms with van der Waals surface area (Å²) >= 11 is 0. The van der Waals surface area contributed by atoms with Gasteiger partial charge in [-0.3, -0.25) is 9.36 Å². The zero-order chi connectivity index (χ0) is 16.4. The van der Waals surface area contributed by atoms with Gasteiger partial charge in [-0.2, -0.15) is 0 Å². The third-order valence-electron chi connectivity index (χ3n) is 4.14. The minimum Gasteiger partial charge on any atom is -0.330 e. The minimum absolute atomic E-state index is 0.00517. The topological polar surface area (TPSA) is 60.9 Å². The highest BCUT2D eigenvalue weighted by atomic mass is 16.1. The van der Waals surface area contributed by atoms with Crippen molar-refractivity contribution >= 4 is 10.9 Å². The van der Waals surface area contributed by atoms with Gasteiger partial charge in [0.15, 0.2) is 0 Å². The SMILES string of the molecule is Cc1ccccc1-n1c(CCCN)nc2cccc(C)c2c1=O. The first-order chi connectivity index (χ1) is 11.1. The van der Waals surface area contributed by atoms with Crippen molar-refractivity contribution < 1.29 is 0 Å². The molecule has 0 fully saturated rings. The molecule has 118 valence electrons. The fourth-order valence-corrected chi connectivity index (χ4v) is 2.93. The van der Waals surface area contributed by atoms with Gasteiger partial charge in [0.1, 0.15) is 5.82 Å². The van der Waals surface area contributed by atoms with Crippen LogP contribution < -0.4 is 11.3 Å². The molecule has 0 radical (unpaired) electrons. The lowest BCUT2D eigenvalue weighted by Crippen LogP contribution is -2.25. The quantitative estimate of drug-likeness (QED) is 0.806. The van der Waals surface area contributed by atoms with Gasteiger partial charge in [-0.05, 0) is 50.1 Å². The minimum atomic E-state index is -0.00517. The zero-order valence-corrected chi connectivity index (χ0v) is 13.5. The van der Waals surface area contributed by atoms with E-state index in [9.17, 15) is 4.79 Å². The largest absolute Gasteiger partial charge is 0.330 e. The molecule has 0 aliphatic heterocycles. The van der Waals surface area contributed by atoms with E-state index in [-0.39, 0.29) is 5.56 Å². The Morgan fingerprint density at radius 1 is 1.04 bits per heavy atom. The van der Waals surface area contributed by atoms with Crippen LogP contribution in [0.4, 0.5) is 0 Å². The Hall–Kier alpha value is -2.46. The van der Waals surface area contributed by atoms with E-state index in [1.54, 1.807) is 4.57 Å². The fourth-order valence-electron chi connectivity index (χ4n) is 2.93. The van der Waals surface area contributed by atoms with Crippen LogP contribution in [0.3, 0.4) is 0 Å².